The Hall–Kier alpha value is -1.25. The molecule has 6 nitrogen and oxygen atoms in total. The molecular weight excluding hydrogens is 381 g/mol. The van der Waals surface area contributed by atoms with Crippen molar-refractivity contribution in [3.63, 3.8) is 0 Å². The molecule has 1 aromatic carbocycles. The summed E-state index contributed by atoms with van der Waals surface area (Å²) in [4.78, 5) is 10.8. The molecule has 0 aliphatic carbocycles. The molecule has 0 amide bonds. The molecule has 3 aromatic rings. The van der Waals surface area contributed by atoms with Crippen molar-refractivity contribution in [1.29, 1.82) is 0 Å². The molecule has 1 N–H and O–H groups in total. The minimum atomic E-state index is -0.786. The van der Waals surface area contributed by atoms with Gasteiger partial charge in [0.25, 0.3) is 0 Å². The summed E-state index contributed by atoms with van der Waals surface area (Å²) in [5.41, 5.74) is 5.01. The van der Waals surface area contributed by atoms with E-state index < -0.39 is 5.97 Å². The van der Waals surface area contributed by atoms with E-state index >= 15 is 0 Å². The molecule has 0 radical (unpaired) electrons. The molecule has 7 heteroatoms. The number of aromatic nitrogens is 3. The van der Waals surface area contributed by atoms with Crippen LogP contribution in [0.5, 0.6) is 5.75 Å². The van der Waals surface area contributed by atoms with Crippen LogP contribution in [-0.4, -0.2) is 32.4 Å². The van der Waals surface area contributed by atoms with E-state index in [1.807, 2.05) is 38.1 Å². The second kappa shape index (κ2) is 9.98. The number of aryl methyl sites for hydroxylation is 4. The van der Waals surface area contributed by atoms with Crippen molar-refractivity contribution in [2.24, 2.45) is 0 Å². The van der Waals surface area contributed by atoms with E-state index in [9.17, 15) is 4.79 Å². The summed E-state index contributed by atoms with van der Waals surface area (Å²) in [6.45, 7) is 8.73. The number of rotatable bonds is 7. The predicted molar refractivity (Wildman–Crippen MR) is 106 cm³/mol. The second-order valence-corrected chi connectivity index (χ2v) is 6.66. The van der Waals surface area contributed by atoms with E-state index in [1.165, 1.54) is 0 Å². The van der Waals surface area contributed by atoms with E-state index in [-0.39, 0.29) is 59.2 Å². The second-order valence-electron chi connectivity index (χ2n) is 6.66. The summed E-state index contributed by atoms with van der Waals surface area (Å²) < 4.78 is 7.75. The van der Waals surface area contributed by atoms with Crippen molar-refractivity contribution in [2.45, 2.75) is 47.0 Å². The zero-order chi connectivity index (χ0) is 19.6. The number of carbonyl (C=O) groups is 1. The van der Waals surface area contributed by atoms with Crippen LogP contribution in [0.25, 0.3) is 16.5 Å². The van der Waals surface area contributed by atoms with Crippen LogP contribution in [0.1, 0.15) is 44.0 Å². The third-order valence-corrected chi connectivity index (χ3v) is 4.83. The molecule has 0 spiro atoms. The van der Waals surface area contributed by atoms with Crippen LogP contribution in [0, 0.1) is 20.8 Å². The van der Waals surface area contributed by atoms with Crippen molar-refractivity contribution in [2.75, 3.05) is 6.61 Å². The third kappa shape index (κ3) is 4.66. The van der Waals surface area contributed by atoms with Gasteiger partial charge in [-0.3, -0.25) is 4.79 Å². The number of ether oxygens (including phenoxy) is 1. The first-order valence-electron chi connectivity index (χ1n) is 9.22. The van der Waals surface area contributed by atoms with E-state index in [2.05, 4.69) is 28.6 Å². The normalized spacial score (nSPS) is 10.7. The van der Waals surface area contributed by atoms with Crippen LogP contribution in [-0.2, 0) is 11.2 Å². The maximum atomic E-state index is 10.8. The Morgan fingerprint density at radius 2 is 1.75 bits per heavy atom. The third-order valence-electron chi connectivity index (χ3n) is 4.83. The van der Waals surface area contributed by atoms with Gasteiger partial charge in [0.1, 0.15) is 5.75 Å². The molecule has 0 unspecified atom stereocenters. The topological polar surface area (TPSA) is 77.2 Å². The molecule has 144 valence electrons. The predicted octanol–water partition coefficient (Wildman–Crippen LogP) is 1.27. The van der Waals surface area contributed by atoms with Crippen molar-refractivity contribution in [3.05, 3.63) is 47.0 Å². The molecule has 2 aromatic heterocycles. The fraction of sp³-hybridized carbons (Fsp3) is 0.381. The largest absolute Gasteiger partial charge is 1.00 e. The molecule has 0 fully saturated rings. The van der Waals surface area contributed by atoms with Gasteiger partial charge in [0.05, 0.1) is 18.0 Å². The van der Waals surface area contributed by atoms with Gasteiger partial charge in [-0.2, -0.15) is 10.2 Å². The number of hydrogen-bond acceptors (Lipinski definition) is 4. The Kier molecular flexibility index (Phi) is 8.21. The first kappa shape index (κ1) is 23.0. The van der Waals surface area contributed by atoms with Crippen molar-refractivity contribution in [3.8, 4) is 11.4 Å². The van der Waals surface area contributed by atoms with Crippen LogP contribution in [0.3, 0.4) is 0 Å². The molecule has 0 aliphatic heterocycles. The monoisotopic (exact) mass is 407 g/mol. The number of fused-ring (bicyclic) bond motifs is 1. The maximum absolute atomic E-state index is 10.8. The van der Waals surface area contributed by atoms with Gasteiger partial charge in [-0.1, -0.05) is 0 Å². The van der Waals surface area contributed by atoms with Crippen LogP contribution < -0.4 is 56.1 Å². The summed E-state index contributed by atoms with van der Waals surface area (Å²) in [6.07, 6.45) is 1.28. The minimum Gasteiger partial charge on any atom is -1.00 e. The van der Waals surface area contributed by atoms with Crippen LogP contribution >= 0.6 is 0 Å². The van der Waals surface area contributed by atoms with Gasteiger partial charge in [-0.15, -0.1) is 0 Å². The van der Waals surface area contributed by atoms with Gasteiger partial charge in [0.15, 0.2) is 0 Å². The SMILES string of the molecule is CCOc1ccc(-n2c(C)c3c(C)nnc(CCCC(=O)O)c3c2C)cc1.[H-].[K+]. The molecule has 0 saturated carbocycles. The molecule has 28 heavy (non-hydrogen) atoms. The fourth-order valence-corrected chi connectivity index (χ4v) is 3.70. The summed E-state index contributed by atoms with van der Waals surface area (Å²) in [7, 11) is 0. The van der Waals surface area contributed by atoms with Gasteiger partial charge in [-0.05, 0) is 64.8 Å². The Balaban J connectivity index is 0.00000210. The Bertz CT molecular complexity index is 987. The van der Waals surface area contributed by atoms with Gasteiger partial charge in [0, 0.05) is 34.3 Å². The van der Waals surface area contributed by atoms with Gasteiger partial charge >= 0.3 is 57.4 Å². The van der Waals surface area contributed by atoms with Crippen molar-refractivity contribution >= 4 is 16.7 Å². The molecule has 0 atom stereocenters. The molecule has 3 rings (SSSR count). The molecule has 0 saturated heterocycles. The molecule has 0 aliphatic rings. The van der Waals surface area contributed by atoms with Gasteiger partial charge in [0.2, 0.25) is 0 Å². The average molecular weight is 408 g/mol. The first-order chi connectivity index (χ1) is 12.9. The Morgan fingerprint density at radius 1 is 1.11 bits per heavy atom. The zero-order valence-corrected chi connectivity index (χ0v) is 20.4. The fourth-order valence-electron chi connectivity index (χ4n) is 3.70. The van der Waals surface area contributed by atoms with Crippen LogP contribution in [0.15, 0.2) is 24.3 Å². The van der Waals surface area contributed by atoms with Crippen molar-refractivity contribution in [1.82, 2.24) is 14.8 Å². The summed E-state index contributed by atoms with van der Waals surface area (Å²) in [6, 6.07) is 8.04. The number of nitrogens with zero attached hydrogens (tertiary/aromatic N) is 3. The number of hydrogen-bond donors (Lipinski definition) is 1. The van der Waals surface area contributed by atoms with E-state index in [0.717, 1.165) is 45.0 Å². The van der Waals surface area contributed by atoms with E-state index in [1.54, 1.807) is 0 Å². The van der Waals surface area contributed by atoms with Gasteiger partial charge < -0.3 is 15.8 Å². The smallest absolute Gasteiger partial charge is 1.00 e. The minimum absolute atomic E-state index is 0. The summed E-state index contributed by atoms with van der Waals surface area (Å²) in [5, 5.41) is 19.8. The standard InChI is InChI=1S/C21H25N3O3.K.H/c1-5-27-17-11-9-16(10-12-17)24-14(3)20-13(2)22-23-18(21(20)15(24)4)7-6-8-19(25)26;;/h9-12H,5-8H2,1-4H3,(H,25,26);;/q;+1;-1. The van der Waals surface area contributed by atoms with E-state index in [4.69, 9.17) is 9.84 Å². The summed E-state index contributed by atoms with van der Waals surface area (Å²) >= 11 is 0. The number of aliphatic carboxylic acids is 1. The quantitative estimate of drug-likeness (QED) is 0.597. The Labute approximate surface area is 209 Å². The summed E-state index contributed by atoms with van der Waals surface area (Å²) in [5.74, 6) is 0.0633. The average Bonchev–Trinajstić information content (AvgIpc) is 2.90. The molecular formula is C21H26KN3O3. The first-order valence-corrected chi connectivity index (χ1v) is 9.22. The molecule has 2 heterocycles. The van der Waals surface area contributed by atoms with Crippen LogP contribution in [0.4, 0.5) is 0 Å². The van der Waals surface area contributed by atoms with Crippen molar-refractivity contribution < 1.29 is 67.4 Å². The van der Waals surface area contributed by atoms with Gasteiger partial charge in [-0.25, -0.2) is 0 Å². The maximum Gasteiger partial charge on any atom is 1.00 e. The zero-order valence-electron chi connectivity index (χ0n) is 18.2. The molecule has 0 bridgehead atoms. The van der Waals surface area contributed by atoms with Crippen LogP contribution in [0.2, 0.25) is 0 Å². The number of benzene rings is 1. The van der Waals surface area contributed by atoms with E-state index in [0.29, 0.717) is 19.4 Å². The number of carboxylic acid groups (broad SMARTS) is 1. The number of carboxylic acids is 1. The Morgan fingerprint density at radius 3 is 2.36 bits per heavy atom.